The molecule has 0 aliphatic carbocycles. The Morgan fingerprint density at radius 1 is 1.20 bits per heavy atom. The summed E-state index contributed by atoms with van der Waals surface area (Å²) < 4.78 is 6.31. The van der Waals surface area contributed by atoms with Crippen molar-refractivity contribution < 1.29 is 9.53 Å². The summed E-state index contributed by atoms with van der Waals surface area (Å²) in [5.74, 6) is 0.0227. The Morgan fingerprint density at radius 2 is 1.90 bits per heavy atom. The van der Waals surface area contributed by atoms with Crippen molar-refractivity contribution in [3.8, 4) is 0 Å². The number of hydrogen-bond donors (Lipinski definition) is 0. The van der Waals surface area contributed by atoms with Gasteiger partial charge in [-0.05, 0) is 42.0 Å². The van der Waals surface area contributed by atoms with Gasteiger partial charge >= 0.3 is 0 Å². The maximum absolute atomic E-state index is 12.3. The molecule has 0 saturated heterocycles. The molecule has 0 spiro atoms. The van der Waals surface area contributed by atoms with Crippen molar-refractivity contribution in [2.75, 3.05) is 26.8 Å². The lowest BCUT2D eigenvalue weighted by Gasteiger charge is -2.17. The molecule has 0 aromatic heterocycles. The highest BCUT2D eigenvalue weighted by Crippen LogP contribution is 2.21. The predicted molar refractivity (Wildman–Crippen MR) is 85.1 cm³/mol. The van der Waals surface area contributed by atoms with E-state index in [-0.39, 0.29) is 5.91 Å². The molecular weight excluding hydrogens is 318 g/mol. The van der Waals surface area contributed by atoms with Crippen LogP contribution in [0.2, 0.25) is 0 Å². The van der Waals surface area contributed by atoms with Gasteiger partial charge in [0.2, 0.25) is 0 Å². The SMILES string of the molecule is CCOCCN(C)C(=O)c1ccc2cc(Br)ccc2c1. The Morgan fingerprint density at radius 3 is 2.65 bits per heavy atom. The topological polar surface area (TPSA) is 29.5 Å². The lowest BCUT2D eigenvalue weighted by Crippen LogP contribution is -2.30. The lowest BCUT2D eigenvalue weighted by molar-refractivity contribution is 0.0710. The molecule has 3 nitrogen and oxygen atoms in total. The smallest absolute Gasteiger partial charge is 0.253 e. The zero-order chi connectivity index (χ0) is 14.5. The first-order valence-corrected chi connectivity index (χ1v) is 7.43. The van der Waals surface area contributed by atoms with Crippen LogP contribution in [0.25, 0.3) is 10.8 Å². The van der Waals surface area contributed by atoms with E-state index in [1.54, 1.807) is 11.9 Å². The molecule has 0 heterocycles. The number of benzene rings is 2. The normalized spacial score (nSPS) is 10.8. The molecule has 0 unspecified atom stereocenters. The van der Waals surface area contributed by atoms with Crippen molar-refractivity contribution >= 4 is 32.6 Å². The van der Waals surface area contributed by atoms with E-state index < -0.39 is 0 Å². The van der Waals surface area contributed by atoms with Crippen LogP contribution in [0.4, 0.5) is 0 Å². The molecule has 0 aliphatic heterocycles. The highest BCUT2D eigenvalue weighted by atomic mass is 79.9. The second-order valence-corrected chi connectivity index (χ2v) is 5.55. The van der Waals surface area contributed by atoms with Crippen molar-refractivity contribution in [2.24, 2.45) is 0 Å². The second kappa shape index (κ2) is 6.86. The van der Waals surface area contributed by atoms with Gasteiger partial charge in [0.15, 0.2) is 0 Å². The highest BCUT2D eigenvalue weighted by molar-refractivity contribution is 9.10. The van der Waals surface area contributed by atoms with Gasteiger partial charge < -0.3 is 9.64 Å². The van der Waals surface area contributed by atoms with Crippen molar-refractivity contribution in [1.82, 2.24) is 4.90 Å². The van der Waals surface area contributed by atoms with E-state index >= 15 is 0 Å². The number of rotatable bonds is 5. The summed E-state index contributed by atoms with van der Waals surface area (Å²) >= 11 is 3.45. The third-order valence-corrected chi connectivity index (χ3v) is 3.66. The van der Waals surface area contributed by atoms with E-state index in [9.17, 15) is 4.79 Å². The van der Waals surface area contributed by atoms with E-state index in [2.05, 4.69) is 15.9 Å². The molecule has 0 aliphatic rings. The van der Waals surface area contributed by atoms with E-state index in [1.165, 1.54) is 0 Å². The van der Waals surface area contributed by atoms with E-state index in [1.807, 2.05) is 43.3 Å². The average Bonchev–Trinajstić information content (AvgIpc) is 2.46. The Bertz CT molecular complexity index is 612. The first-order valence-electron chi connectivity index (χ1n) is 6.64. The number of amides is 1. The van der Waals surface area contributed by atoms with E-state index in [4.69, 9.17) is 4.74 Å². The van der Waals surface area contributed by atoms with E-state index in [0.717, 1.165) is 15.2 Å². The van der Waals surface area contributed by atoms with Gasteiger partial charge in [-0.2, -0.15) is 0 Å². The van der Waals surface area contributed by atoms with Gasteiger partial charge in [0.25, 0.3) is 5.91 Å². The average molecular weight is 336 g/mol. The van der Waals surface area contributed by atoms with Crippen molar-refractivity contribution in [2.45, 2.75) is 6.92 Å². The minimum atomic E-state index is 0.0227. The molecule has 2 rings (SSSR count). The standard InChI is InChI=1S/C16H18BrNO2/c1-3-20-9-8-18(2)16(19)14-5-4-13-11-15(17)7-6-12(13)10-14/h4-7,10-11H,3,8-9H2,1-2H3. The van der Waals surface area contributed by atoms with Crippen LogP contribution < -0.4 is 0 Å². The molecule has 0 fully saturated rings. The van der Waals surface area contributed by atoms with Crippen LogP contribution >= 0.6 is 15.9 Å². The largest absolute Gasteiger partial charge is 0.380 e. The molecule has 0 radical (unpaired) electrons. The predicted octanol–water partition coefficient (Wildman–Crippen LogP) is 3.71. The Labute approximate surface area is 127 Å². The van der Waals surface area contributed by atoms with Gasteiger partial charge in [-0.25, -0.2) is 0 Å². The van der Waals surface area contributed by atoms with Crippen molar-refractivity contribution in [3.63, 3.8) is 0 Å². The zero-order valence-corrected chi connectivity index (χ0v) is 13.3. The molecule has 1 amide bonds. The molecule has 4 heteroatoms. The summed E-state index contributed by atoms with van der Waals surface area (Å²) in [4.78, 5) is 14.0. The quantitative estimate of drug-likeness (QED) is 0.779. The maximum atomic E-state index is 12.3. The number of carbonyl (C=O) groups excluding carboxylic acids is 1. The maximum Gasteiger partial charge on any atom is 0.253 e. The van der Waals surface area contributed by atoms with Crippen LogP contribution in [0.15, 0.2) is 40.9 Å². The molecule has 20 heavy (non-hydrogen) atoms. The van der Waals surface area contributed by atoms with Crippen LogP contribution in [0, 0.1) is 0 Å². The highest BCUT2D eigenvalue weighted by Gasteiger charge is 2.11. The first-order chi connectivity index (χ1) is 9.61. The number of halogens is 1. The summed E-state index contributed by atoms with van der Waals surface area (Å²) in [6.45, 7) is 3.79. The fraction of sp³-hybridized carbons (Fsp3) is 0.312. The minimum Gasteiger partial charge on any atom is -0.380 e. The monoisotopic (exact) mass is 335 g/mol. The number of hydrogen-bond acceptors (Lipinski definition) is 2. The van der Waals surface area contributed by atoms with Gasteiger partial charge in [-0.3, -0.25) is 4.79 Å². The third kappa shape index (κ3) is 3.58. The lowest BCUT2D eigenvalue weighted by atomic mass is 10.1. The molecule has 106 valence electrons. The van der Waals surface area contributed by atoms with Gasteiger partial charge in [0.05, 0.1) is 6.61 Å². The summed E-state index contributed by atoms with van der Waals surface area (Å²) in [6.07, 6.45) is 0. The zero-order valence-electron chi connectivity index (χ0n) is 11.7. The van der Waals surface area contributed by atoms with Crippen LogP contribution in [-0.4, -0.2) is 37.6 Å². The molecule has 0 N–H and O–H groups in total. The van der Waals surface area contributed by atoms with Crippen LogP contribution in [0.1, 0.15) is 17.3 Å². The first kappa shape index (κ1) is 15.0. The van der Waals surface area contributed by atoms with Gasteiger partial charge in [0, 0.05) is 30.2 Å². The van der Waals surface area contributed by atoms with Crippen LogP contribution in [0.5, 0.6) is 0 Å². The Hall–Kier alpha value is -1.39. The Kier molecular flexibility index (Phi) is 5.15. The number of nitrogens with zero attached hydrogens (tertiary/aromatic N) is 1. The van der Waals surface area contributed by atoms with Gasteiger partial charge in [0.1, 0.15) is 0 Å². The van der Waals surface area contributed by atoms with Crippen LogP contribution in [-0.2, 0) is 4.74 Å². The van der Waals surface area contributed by atoms with Gasteiger partial charge in [-0.15, -0.1) is 0 Å². The number of fused-ring (bicyclic) bond motifs is 1. The minimum absolute atomic E-state index is 0.0227. The Balaban J connectivity index is 2.15. The van der Waals surface area contributed by atoms with E-state index in [0.29, 0.717) is 25.3 Å². The number of likely N-dealkylation sites (N-methyl/N-ethyl adjacent to an activating group) is 1. The molecule has 0 saturated carbocycles. The van der Waals surface area contributed by atoms with Gasteiger partial charge in [-0.1, -0.05) is 28.1 Å². The van der Waals surface area contributed by atoms with Crippen molar-refractivity contribution in [3.05, 3.63) is 46.4 Å². The molecular formula is C16H18BrNO2. The fourth-order valence-electron chi connectivity index (χ4n) is 2.02. The summed E-state index contributed by atoms with van der Waals surface area (Å²) in [5.41, 5.74) is 0.707. The number of ether oxygens (including phenoxy) is 1. The number of carbonyl (C=O) groups is 1. The van der Waals surface area contributed by atoms with Crippen molar-refractivity contribution in [1.29, 1.82) is 0 Å². The summed E-state index contributed by atoms with van der Waals surface area (Å²) in [6, 6.07) is 11.8. The molecule has 2 aromatic rings. The summed E-state index contributed by atoms with van der Waals surface area (Å²) in [5, 5.41) is 2.19. The summed E-state index contributed by atoms with van der Waals surface area (Å²) in [7, 11) is 1.80. The third-order valence-electron chi connectivity index (χ3n) is 3.17. The molecule has 2 aromatic carbocycles. The second-order valence-electron chi connectivity index (χ2n) is 4.63. The van der Waals surface area contributed by atoms with Crippen LogP contribution in [0.3, 0.4) is 0 Å². The molecule has 0 atom stereocenters. The fourth-order valence-corrected chi connectivity index (χ4v) is 2.40. The molecule has 0 bridgehead atoms.